The number of halogens is 2. The maximum absolute atomic E-state index is 15.5. The molecule has 0 radical (unpaired) electrons. The number of phenols is 1. The predicted octanol–water partition coefficient (Wildman–Crippen LogP) is 8.27. The molecule has 1 aliphatic carbocycles. The van der Waals surface area contributed by atoms with Crippen molar-refractivity contribution in [2.45, 2.75) is 140 Å². The highest BCUT2D eigenvalue weighted by molar-refractivity contribution is 7.13. The summed E-state index contributed by atoms with van der Waals surface area (Å²) in [5.41, 5.74) is 11.8. The lowest BCUT2D eigenvalue weighted by Crippen LogP contribution is -2.54. The largest absolute Gasteiger partial charge is 0.507 e. The number of likely N-dealkylation sites (tertiary alicyclic amines) is 2. The minimum absolute atomic E-state index is 0.00403. The first-order chi connectivity index (χ1) is 40.1. The van der Waals surface area contributed by atoms with Crippen LogP contribution in [0.4, 0.5) is 31.8 Å². The monoisotopic (exact) mass is 1160 g/mol. The van der Waals surface area contributed by atoms with Crippen LogP contribution in [0.15, 0.2) is 76.9 Å². The number of ether oxygens (including phenoxy) is 2. The summed E-state index contributed by atoms with van der Waals surface area (Å²) in [6.45, 7) is 13.3. The van der Waals surface area contributed by atoms with Crippen LogP contribution in [0.1, 0.15) is 108 Å². The van der Waals surface area contributed by atoms with Crippen LogP contribution in [0.25, 0.3) is 21.7 Å². The second-order valence-electron chi connectivity index (χ2n) is 24.0. The van der Waals surface area contributed by atoms with Gasteiger partial charge in [-0.1, -0.05) is 31.1 Å². The van der Waals surface area contributed by atoms with Crippen molar-refractivity contribution in [3.63, 3.8) is 0 Å². The number of carbonyl (C=O) groups is 2. The molecule has 6 atom stereocenters. The third kappa shape index (κ3) is 11.9. The molecule has 4 aromatic heterocycles. The highest BCUT2D eigenvalue weighted by Gasteiger charge is 2.45. The number of aryl methyl sites for hydroxylation is 1. The van der Waals surface area contributed by atoms with E-state index in [-0.39, 0.29) is 72.1 Å². The van der Waals surface area contributed by atoms with Gasteiger partial charge >= 0.3 is 0 Å². The average Bonchev–Trinajstić information content (AvgIpc) is 4.36. The van der Waals surface area contributed by atoms with Gasteiger partial charge < -0.3 is 59.8 Å². The number of hydrogen-bond donors (Lipinski definition) is 4. The number of amides is 2. The molecule has 6 fully saturated rings. The van der Waals surface area contributed by atoms with Crippen molar-refractivity contribution in [2.24, 2.45) is 11.8 Å². The minimum Gasteiger partial charge on any atom is -0.507 e. The lowest BCUT2D eigenvalue weighted by Gasteiger charge is -2.43. The quantitative estimate of drug-likeness (QED) is 0.0674. The summed E-state index contributed by atoms with van der Waals surface area (Å²) in [6, 6.07) is 15.9. The number of aliphatic hydroxyl groups excluding tert-OH is 1. The number of piperazine rings is 1. The molecule has 5 N–H and O–H groups in total. The first-order valence-corrected chi connectivity index (χ1v) is 30.3. The minimum atomic E-state index is -1.02. The van der Waals surface area contributed by atoms with Crippen molar-refractivity contribution < 1.29 is 42.6 Å². The Morgan fingerprint density at radius 2 is 1.60 bits per heavy atom. The zero-order valence-corrected chi connectivity index (χ0v) is 48.3. The van der Waals surface area contributed by atoms with E-state index in [1.807, 2.05) is 44.3 Å². The average molecular weight is 1160 g/mol. The van der Waals surface area contributed by atoms with E-state index < -0.39 is 41.6 Å². The molecule has 12 rings (SSSR count). The summed E-state index contributed by atoms with van der Waals surface area (Å²) in [5.74, 6) is -0.446. The maximum Gasteiger partial charge on any atom is 0.243 e. The van der Waals surface area contributed by atoms with E-state index in [0.717, 1.165) is 121 Å². The number of pyridine rings is 1. The predicted molar refractivity (Wildman–Crippen MR) is 311 cm³/mol. The number of piperidine rings is 2. The molecule has 440 valence electrons. The van der Waals surface area contributed by atoms with Crippen LogP contribution in [0.2, 0.25) is 0 Å². The van der Waals surface area contributed by atoms with E-state index in [1.54, 1.807) is 31.5 Å². The summed E-state index contributed by atoms with van der Waals surface area (Å²) in [6.07, 6.45) is 9.25. The van der Waals surface area contributed by atoms with Gasteiger partial charge in [-0.2, -0.15) is 0 Å². The number of fused-ring (bicyclic) bond motifs is 2. The van der Waals surface area contributed by atoms with Crippen molar-refractivity contribution in [3.8, 4) is 33.3 Å². The molecule has 9 heterocycles. The van der Waals surface area contributed by atoms with Gasteiger partial charge in [0.15, 0.2) is 17.4 Å². The Morgan fingerprint density at radius 3 is 2.33 bits per heavy atom. The third-order valence-electron chi connectivity index (χ3n) is 18.1. The number of aromatic nitrogens is 5. The number of phenolic OH excluding ortho intramolecular Hbond substituents is 1. The molecule has 2 unspecified atom stereocenters. The first kappa shape index (κ1) is 56.5. The molecule has 5 saturated heterocycles. The number of anilines is 4. The van der Waals surface area contributed by atoms with Gasteiger partial charge in [-0.25, -0.2) is 18.7 Å². The fourth-order valence-corrected chi connectivity index (χ4v) is 14.4. The Morgan fingerprint density at radius 1 is 0.843 bits per heavy atom. The smallest absolute Gasteiger partial charge is 0.243 e. The second-order valence-corrected chi connectivity index (χ2v) is 24.9. The second kappa shape index (κ2) is 23.9. The van der Waals surface area contributed by atoms with Gasteiger partial charge in [0.1, 0.15) is 35.4 Å². The Kier molecular flexibility index (Phi) is 16.3. The van der Waals surface area contributed by atoms with Gasteiger partial charge in [-0.15, -0.1) is 21.5 Å². The molecular weight excluding hydrogens is 1080 g/mol. The van der Waals surface area contributed by atoms with Crippen LogP contribution in [0.3, 0.4) is 0 Å². The number of nitrogens with two attached hydrogens (primary N) is 1. The molecule has 2 amide bonds. The highest BCUT2D eigenvalue weighted by Crippen LogP contribution is 2.42. The summed E-state index contributed by atoms with van der Waals surface area (Å²) >= 11 is 1.22. The van der Waals surface area contributed by atoms with Crippen molar-refractivity contribution in [2.75, 3.05) is 72.8 Å². The van der Waals surface area contributed by atoms with Crippen molar-refractivity contribution in [3.05, 3.63) is 101 Å². The summed E-state index contributed by atoms with van der Waals surface area (Å²) < 4.78 is 49.8. The van der Waals surface area contributed by atoms with Crippen LogP contribution in [0, 0.1) is 30.4 Å². The Bertz CT molecular complexity index is 3280. The van der Waals surface area contributed by atoms with Crippen molar-refractivity contribution >= 4 is 46.2 Å². The van der Waals surface area contributed by atoms with E-state index >= 15 is 8.78 Å². The number of rotatable bonds is 17. The van der Waals surface area contributed by atoms with Gasteiger partial charge in [-0.3, -0.25) is 9.59 Å². The zero-order chi connectivity index (χ0) is 57.6. The number of nitrogen functional groups attached to an aromatic ring is 1. The normalized spacial score (nSPS) is 24.1. The van der Waals surface area contributed by atoms with E-state index in [2.05, 4.69) is 62.4 Å². The lowest BCUT2D eigenvalue weighted by molar-refractivity contribution is -0.141. The number of aliphatic hydroxyl groups is 1. The standard InChI is InChI=1S/C61H74F2N12O7S/c1-34(2)57(61(79)74-32-41(76)22-52(74)60(78)67-35(3)46-25-49(63)47(26-48(46)62)58-36(4)66-33-83-58)54-28-55(70-82-54)72-19-12-37(13-20-72)29-71-17-14-42(15-18-71)80-43-23-44(24-43)81-56-21-38(11-16-65-56)75-39-9-10-40(75)31-73(30-39)51-27-50(68-69-59(51)64)45-7-5-6-8-53(45)77/h5-8,11,16,21,25-28,33-35,37,39-44,52,57,76-77H,9-10,12-15,17-20,22-24,29-32H2,1-4H3,(H2,64,69)(H,67,78)/t35-,39?,40?,41+,43-,44-,52-,57+/m0/s1. The van der Waals surface area contributed by atoms with E-state index in [9.17, 15) is 19.8 Å². The van der Waals surface area contributed by atoms with Gasteiger partial charge in [-0.05, 0) is 101 Å². The summed E-state index contributed by atoms with van der Waals surface area (Å²) in [5, 5.41) is 37.0. The van der Waals surface area contributed by atoms with Gasteiger partial charge in [0.25, 0.3) is 0 Å². The van der Waals surface area contributed by atoms with E-state index in [4.69, 9.17) is 19.7 Å². The Balaban J connectivity index is 0.569. The van der Waals surface area contributed by atoms with Crippen molar-refractivity contribution in [1.82, 2.24) is 40.4 Å². The number of β-amino-alcohol motifs (C(OH)–C–C–N with tert-alkyl or cyclic N) is 1. The molecular formula is C61H74F2N12O7S. The lowest BCUT2D eigenvalue weighted by atomic mass is 9.91. The number of nitrogens with one attached hydrogen (secondary N) is 1. The molecule has 2 bridgehead atoms. The molecule has 83 heavy (non-hydrogen) atoms. The first-order valence-electron chi connectivity index (χ1n) is 29.5. The molecule has 6 aromatic rings. The molecule has 6 aliphatic rings. The molecule has 1 saturated carbocycles. The fraction of sp³-hybridized carbons (Fsp3) is 0.525. The van der Waals surface area contributed by atoms with Gasteiger partial charge in [0.2, 0.25) is 17.7 Å². The Hall–Kier alpha value is -7.01. The SMILES string of the molecule is Cc1ncsc1-c1cc(F)c([C@H](C)NC(=O)[C@@H]2C[C@@H](O)CN2C(=O)[C@@H](c2cc(N3CCC(CN4CCC(O[C@H]5C[C@H](Oc6cc(N7C8CCC7CN(c7cc(-c9ccccc9O)nnc7N)C8)ccn6)C5)CC4)CC3)no2)C(C)C)cc1F. The maximum atomic E-state index is 15.5. The number of nitrogens with zero attached hydrogens (tertiary/aromatic N) is 10. The third-order valence-corrected chi connectivity index (χ3v) is 19.0. The van der Waals surface area contributed by atoms with E-state index in [1.165, 1.54) is 16.2 Å². The van der Waals surface area contributed by atoms with Crippen LogP contribution in [0.5, 0.6) is 11.6 Å². The molecule has 2 aromatic carbocycles. The number of hydrogen-bond acceptors (Lipinski definition) is 18. The zero-order valence-electron chi connectivity index (χ0n) is 47.4. The fourth-order valence-electron chi connectivity index (χ4n) is 13.5. The van der Waals surface area contributed by atoms with Crippen LogP contribution >= 0.6 is 11.3 Å². The van der Waals surface area contributed by atoms with Gasteiger partial charge in [0.05, 0.1) is 51.8 Å². The molecule has 0 spiro atoms. The molecule has 5 aliphatic heterocycles. The summed E-state index contributed by atoms with van der Waals surface area (Å²) in [4.78, 5) is 48.5. The molecule has 19 nitrogen and oxygen atoms in total. The number of para-hydroxylation sites is 1. The number of carbonyl (C=O) groups excluding carboxylic acids is 2. The number of thiazole rings is 1. The number of aromatic hydroxyl groups is 1. The number of benzene rings is 2. The topological polar surface area (TPSA) is 225 Å². The van der Waals surface area contributed by atoms with Crippen LogP contribution in [-0.4, -0.2) is 152 Å². The molecule has 22 heteroatoms. The Labute approximate surface area is 486 Å². The van der Waals surface area contributed by atoms with Gasteiger partial charge in [0, 0.05) is 124 Å². The van der Waals surface area contributed by atoms with Crippen molar-refractivity contribution in [1.29, 1.82) is 0 Å². The summed E-state index contributed by atoms with van der Waals surface area (Å²) in [7, 11) is 0. The van der Waals surface area contributed by atoms with E-state index in [0.29, 0.717) is 51.0 Å². The van der Waals surface area contributed by atoms with Crippen LogP contribution < -0.4 is 30.5 Å². The highest BCUT2D eigenvalue weighted by atomic mass is 32.1. The van der Waals surface area contributed by atoms with Crippen LogP contribution in [-0.2, 0) is 14.3 Å².